The molecule has 6 nitrogen and oxygen atoms in total. The summed E-state index contributed by atoms with van der Waals surface area (Å²) in [5, 5.41) is 13.1. The summed E-state index contributed by atoms with van der Waals surface area (Å²) in [5.41, 5.74) is 1.61. The average Bonchev–Trinajstić information content (AvgIpc) is 3.23. The van der Waals surface area contributed by atoms with Gasteiger partial charge in [0.2, 0.25) is 5.88 Å². The molecule has 1 unspecified atom stereocenters. The molecule has 1 aromatic carbocycles. The average molecular weight is 296 g/mol. The van der Waals surface area contributed by atoms with E-state index in [1.807, 2.05) is 30.3 Å². The molecule has 2 aromatic rings. The number of amides is 1. The number of likely N-dealkylation sites (tertiary alicyclic amines) is 1. The van der Waals surface area contributed by atoms with Crippen LogP contribution in [0.5, 0.6) is 0 Å². The number of hydrogen-bond acceptors (Lipinski definition) is 5. The largest absolute Gasteiger partial charge is 0.338 e. The molecule has 1 atom stereocenters. The lowest BCUT2D eigenvalue weighted by Crippen LogP contribution is -2.42. The first-order valence-corrected chi connectivity index (χ1v) is 7.17. The number of hydrogen-bond donors (Lipinski definition) is 0. The van der Waals surface area contributed by atoms with Crippen molar-refractivity contribution in [1.82, 2.24) is 10.1 Å². The number of rotatable bonds is 3. The van der Waals surface area contributed by atoms with E-state index in [2.05, 4.69) is 11.3 Å². The summed E-state index contributed by atoms with van der Waals surface area (Å²) in [4.78, 5) is 15.5. The van der Waals surface area contributed by atoms with E-state index in [0.717, 1.165) is 12.0 Å². The highest BCUT2D eigenvalue weighted by Gasteiger charge is 2.33. The van der Waals surface area contributed by atoms with Crippen LogP contribution in [0, 0.1) is 11.5 Å². The van der Waals surface area contributed by atoms with Gasteiger partial charge in [-0.1, -0.05) is 35.5 Å². The molecule has 6 heteroatoms. The quantitative estimate of drug-likeness (QED) is 0.812. The smallest absolute Gasteiger partial charge is 0.252 e. The molecule has 1 aliphatic heterocycles. The van der Waals surface area contributed by atoms with Crippen LogP contribution >= 0.6 is 0 Å². The fourth-order valence-corrected chi connectivity index (χ4v) is 2.64. The Morgan fingerprint density at radius 3 is 2.95 bits per heavy atom. The van der Waals surface area contributed by atoms with E-state index < -0.39 is 6.04 Å². The molecule has 1 aromatic heterocycles. The summed E-state index contributed by atoms with van der Waals surface area (Å²) in [5.74, 6) is 0.239. The molecule has 1 amide bonds. The summed E-state index contributed by atoms with van der Waals surface area (Å²) >= 11 is 0. The number of benzene rings is 1. The Kier molecular flexibility index (Phi) is 3.79. The monoisotopic (exact) mass is 296 g/mol. The van der Waals surface area contributed by atoms with Crippen LogP contribution in [0.15, 0.2) is 40.9 Å². The number of aromatic nitrogens is 1. The molecule has 112 valence electrons. The Balaban J connectivity index is 1.78. The topological polar surface area (TPSA) is 73.4 Å². The first-order valence-electron chi connectivity index (χ1n) is 7.17. The molecule has 1 saturated heterocycles. The lowest BCUT2D eigenvalue weighted by molar-refractivity contribution is -0.121. The van der Waals surface area contributed by atoms with Gasteiger partial charge in [-0.15, -0.1) is 0 Å². The Bertz CT molecular complexity index is 704. The van der Waals surface area contributed by atoms with Crippen LogP contribution in [-0.4, -0.2) is 35.6 Å². The summed E-state index contributed by atoms with van der Waals surface area (Å²) in [6, 6.07) is 11.0. The number of likely N-dealkylation sites (N-methyl/N-ethyl adjacent to an activating group) is 1. The predicted molar refractivity (Wildman–Crippen MR) is 80.7 cm³/mol. The normalized spacial score (nSPS) is 17.3. The van der Waals surface area contributed by atoms with Crippen molar-refractivity contribution in [3.8, 4) is 17.5 Å². The summed E-state index contributed by atoms with van der Waals surface area (Å²) in [6.45, 7) is 0.631. The first kappa shape index (κ1) is 14.1. The van der Waals surface area contributed by atoms with Gasteiger partial charge >= 0.3 is 0 Å². The standard InChI is InChI=1S/C16H16N4O2/c1-19(16(21)14-8-5-9-20(14)11-17)15-10-13(18-22-15)12-6-3-2-4-7-12/h2-4,6-7,10,14H,5,8-9H2,1H3. The Labute approximate surface area is 128 Å². The summed E-state index contributed by atoms with van der Waals surface area (Å²) in [7, 11) is 1.64. The van der Waals surface area contributed by atoms with Crippen molar-refractivity contribution in [1.29, 1.82) is 5.26 Å². The molecule has 0 spiro atoms. The van der Waals surface area contributed by atoms with Crippen LogP contribution in [0.1, 0.15) is 12.8 Å². The van der Waals surface area contributed by atoms with E-state index in [1.165, 1.54) is 9.80 Å². The predicted octanol–water partition coefficient (Wildman–Crippen LogP) is 2.25. The molecule has 0 bridgehead atoms. The Hall–Kier alpha value is -2.81. The van der Waals surface area contributed by atoms with Gasteiger partial charge in [0.1, 0.15) is 11.7 Å². The minimum atomic E-state index is -0.403. The van der Waals surface area contributed by atoms with Gasteiger partial charge in [-0.05, 0) is 12.8 Å². The van der Waals surface area contributed by atoms with Gasteiger partial charge < -0.3 is 4.52 Å². The van der Waals surface area contributed by atoms with Gasteiger partial charge in [0.05, 0.1) is 0 Å². The molecule has 0 aliphatic carbocycles. The minimum absolute atomic E-state index is 0.144. The molecule has 3 rings (SSSR count). The molecule has 22 heavy (non-hydrogen) atoms. The molecule has 0 saturated carbocycles. The second-order valence-corrected chi connectivity index (χ2v) is 5.27. The molecule has 0 radical (unpaired) electrons. The third-order valence-electron chi connectivity index (χ3n) is 3.89. The second kappa shape index (κ2) is 5.90. The maximum atomic E-state index is 12.5. The van der Waals surface area contributed by atoms with E-state index in [1.54, 1.807) is 13.1 Å². The van der Waals surface area contributed by atoms with Crippen LogP contribution in [0.4, 0.5) is 5.88 Å². The highest BCUT2D eigenvalue weighted by Crippen LogP contribution is 2.25. The maximum absolute atomic E-state index is 12.5. The lowest BCUT2D eigenvalue weighted by Gasteiger charge is -2.22. The molecule has 1 aliphatic rings. The van der Waals surface area contributed by atoms with Crippen molar-refractivity contribution < 1.29 is 9.32 Å². The van der Waals surface area contributed by atoms with Crippen molar-refractivity contribution >= 4 is 11.8 Å². The summed E-state index contributed by atoms with van der Waals surface area (Å²) < 4.78 is 5.28. The van der Waals surface area contributed by atoms with Gasteiger partial charge in [-0.2, -0.15) is 5.26 Å². The molecular weight excluding hydrogens is 280 g/mol. The maximum Gasteiger partial charge on any atom is 0.252 e. The number of nitriles is 1. The summed E-state index contributed by atoms with van der Waals surface area (Å²) in [6.07, 6.45) is 3.61. The van der Waals surface area contributed by atoms with E-state index in [9.17, 15) is 4.79 Å². The van der Waals surface area contributed by atoms with Crippen LogP contribution in [-0.2, 0) is 4.79 Å². The van der Waals surface area contributed by atoms with Crippen molar-refractivity contribution in [3.05, 3.63) is 36.4 Å². The third kappa shape index (κ3) is 2.53. The third-order valence-corrected chi connectivity index (χ3v) is 3.89. The van der Waals surface area contributed by atoms with Crippen LogP contribution < -0.4 is 4.90 Å². The molecule has 2 heterocycles. The molecule has 1 fully saturated rings. The number of carbonyl (C=O) groups is 1. The lowest BCUT2D eigenvalue weighted by atomic mass is 10.1. The SMILES string of the molecule is CN(C(=O)C1CCCN1C#N)c1cc(-c2ccccc2)no1. The number of nitrogens with zero attached hydrogens (tertiary/aromatic N) is 4. The first-order chi connectivity index (χ1) is 10.7. The van der Waals surface area contributed by atoms with Crippen LogP contribution in [0.3, 0.4) is 0 Å². The van der Waals surface area contributed by atoms with E-state index in [0.29, 0.717) is 24.5 Å². The Morgan fingerprint density at radius 2 is 2.23 bits per heavy atom. The zero-order valence-electron chi connectivity index (χ0n) is 12.3. The molecule has 0 N–H and O–H groups in total. The van der Waals surface area contributed by atoms with Gasteiger partial charge in [0.25, 0.3) is 5.91 Å². The Morgan fingerprint density at radius 1 is 1.45 bits per heavy atom. The fourth-order valence-electron chi connectivity index (χ4n) is 2.64. The minimum Gasteiger partial charge on any atom is -0.338 e. The van der Waals surface area contributed by atoms with Gasteiger partial charge in [0, 0.05) is 25.2 Å². The zero-order valence-corrected chi connectivity index (χ0v) is 12.3. The van der Waals surface area contributed by atoms with Crippen molar-refractivity contribution in [2.75, 3.05) is 18.5 Å². The number of carbonyl (C=O) groups excluding carboxylic acids is 1. The van der Waals surface area contributed by atoms with Crippen molar-refractivity contribution in [3.63, 3.8) is 0 Å². The van der Waals surface area contributed by atoms with E-state index in [4.69, 9.17) is 9.78 Å². The second-order valence-electron chi connectivity index (χ2n) is 5.27. The zero-order chi connectivity index (χ0) is 15.5. The van der Waals surface area contributed by atoms with Gasteiger partial charge in [0.15, 0.2) is 6.19 Å². The fraction of sp³-hybridized carbons (Fsp3) is 0.312. The van der Waals surface area contributed by atoms with E-state index in [-0.39, 0.29) is 5.91 Å². The van der Waals surface area contributed by atoms with Crippen LogP contribution in [0.2, 0.25) is 0 Å². The van der Waals surface area contributed by atoms with Gasteiger partial charge in [-0.3, -0.25) is 14.6 Å². The van der Waals surface area contributed by atoms with E-state index >= 15 is 0 Å². The highest BCUT2D eigenvalue weighted by atomic mass is 16.5. The van der Waals surface area contributed by atoms with Crippen molar-refractivity contribution in [2.24, 2.45) is 0 Å². The number of anilines is 1. The van der Waals surface area contributed by atoms with Crippen molar-refractivity contribution in [2.45, 2.75) is 18.9 Å². The van der Waals surface area contributed by atoms with Gasteiger partial charge in [-0.25, -0.2) is 0 Å². The highest BCUT2D eigenvalue weighted by molar-refractivity contribution is 5.96. The van der Waals surface area contributed by atoms with Crippen LogP contribution in [0.25, 0.3) is 11.3 Å². The molecular formula is C16H16N4O2.